The zero-order valence-corrected chi connectivity index (χ0v) is 13.2. The summed E-state index contributed by atoms with van der Waals surface area (Å²) in [4.78, 5) is 22.8. The molecule has 116 valence electrons. The van der Waals surface area contributed by atoms with Crippen molar-refractivity contribution in [2.45, 2.75) is 27.2 Å². The smallest absolute Gasteiger partial charge is 0.308 e. The van der Waals surface area contributed by atoms with Crippen molar-refractivity contribution in [3.63, 3.8) is 0 Å². The van der Waals surface area contributed by atoms with Gasteiger partial charge in [0.25, 0.3) is 5.91 Å². The van der Waals surface area contributed by atoms with Crippen LogP contribution in [0.2, 0.25) is 5.02 Å². The molecular weight excluding hydrogens is 292 g/mol. The van der Waals surface area contributed by atoms with Gasteiger partial charge < -0.3 is 16.2 Å². The third-order valence-electron chi connectivity index (χ3n) is 3.01. The number of benzene rings is 1. The second kappa shape index (κ2) is 6.80. The number of carbonyl (C=O) groups is 2. The average Bonchev–Trinajstić information content (AvgIpc) is 2.32. The molecule has 0 radical (unpaired) electrons. The molecule has 0 bridgehead atoms. The molecule has 1 unspecified atom stereocenters. The fourth-order valence-electron chi connectivity index (χ4n) is 2.14. The van der Waals surface area contributed by atoms with Crippen LogP contribution >= 0.6 is 11.6 Å². The van der Waals surface area contributed by atoms with Crippen LogP contribution in [0.15, 0.2) is 18.2 Å². The van der Waals surface area contributed by atoms with Gasteiger partial charge in [0.1, 0.15) is 0 Å². The van der Waals surface area contributed by atoms with Gasteiger partial charge in [-0.15, -0.1) is 0 Å². The van der Waals surface area contributed by atoms with Crippen LogP contribution in [0, 0.1) is 11.3 Å². The molecule has 1 atom stereocenters. The molecule has 0 aliphatic carbocycles. The lowest BCUT2D eigenvalue weighted by Crippen LogP contribution is -2.28. The van der Waals surface area contributed by atoms with E-state index in [4.69, 9.17) is 17.3 Å². The first-order chi connectivity index (χ1) is 9.61. The van der Waals surface area contributed by atoms with Crippen LogP contribution in [0.3, 0.4) is 0 Å². The standard InChI is InChI=1S/C15H21ClN2O3/c1-15(2,3)7-9(14(20)21)8-18-11-6-4-5-10(16)12(11)13(17)19/h4-6,9,18H,7-8H2,1-3H3,(H2,17,19)(H,20,21). The Morgan fingerprint density at radius 3 is 2.48 bits per heavy atom. The van der Waals surface area contributed by atoms with Gasteiger partial charge in [-0.25, -0.2) is 0 Å². The van der Waals surface area contributed by atoms with E-state index >= 15 is 0 Å². The Bertz CT molecular complexity index is 538. The summed E-state index contributed by atoms with van der Waals surface area (Å²) in [5, 5.41) is 12.5. The van der Waals surface area contributed by atoms with Crippen LogP contribution in [0.1, 0.15) is 37.6 Å². The van der Waals surface area contributed by atoms with Crippen LogP contribution in [0.5, 0.6) is 0 Å². The molecule has 5 nitrogen and oxygen atoms in total. The summed E-state index contributed by atoms with van der Waals surface area (Å²) in [7, 11) is 0. The van der Waals surface area contributed by atoms with E-state index in [9.17, 15) is 14.7 Å². The highest BCUT2D eigenvalue weighted by Crippen LogP contribution is 2.27. The first-order valence-corrected chi connectivity index (χ1v) is 7.04. The highest BCUT2D eigenvalue weighted by atomic mass is 35.5. The highest BCUT2D eigenvalue weighted by molar-refractivity contribution is 6.34. The number of carboxylic acid groups (broad SMARTS) is 1. The monoisotopic (exact) mass is 312 g/mol. The maximum absolute atomic E-state index is 11.4. The van der Waals surface area contributed by atoms with Crippen LogP contribution in [-0.2, 0) is 4.79 Å². The summed E-state index contributed by atoms with van der Waals surface area (Å²) < 4.78 is 0. The molecule has 0 spiro atoms. The Labute approximate surface area is 129 Å². The Morgan fingerprint density at radius 1 is 1.38 bits per heavy atom. The summed E-state index contributed by atoms with van der Waals surface area (Å²) in [5.74, 6) is -2.09. The van der Waals surface area contributed by atoms with E-state index in [0.717, 1.165) is 0 Å². The number of amides is 1. The molecule has 6 heteroatoms. The number of nitrogens with one attached hydrogen (secondary N) is 1. The number of carbonyl (C=O) groups excluding carboxylic acids is 1. The van der Waals surface area contributed by atoms with Gasteiger partial charge in [-0.1, -0.05) is 38.4 Å². The Hall–Kier alpha value is -1.75. The van der Waals surface area contributed by atoms with Crippen molar-refractivity contribution in [1.29, 1.82) is 0 Å². The fourth-order valence-corrected chi connectivity index (χ4v) is 2.41. The lowest BCUT2D eigenvalue weighted by atomic mass is 9.84. The molecule has 0 saturated heterocycles. The predicted molar refractivity (Wildman–Crippen MR) is 83.7 cm³/mol. The van der Waals surface area contributed by atoms with Crippen LogP contribution in [0.4, 0.5) is 5.69 Å². The quantitative estimate of drug-likeness (QED) is 0.753. The number of anilines is 1. The van der Waals surface area contributed by atoms with Crippen molar-refractivity contribution in [2.24, 2.45) is 17.1 Å². The molecule has 0 saturated carbocycles. The number of aliphatic carboxylic acids is 1. The van der Waals surface area contributed by atoms with Gasteiger partial charge in [0.15, 0.2) is 0 Å². The van der Waals surface area contributed by atoms with Crippen LogP contribution < -0.4 is 11.1 Å². The van der Waals surface area contributed by atoms with Gasteiger partial charge >= 0.3 is 5.97 Å². The number of carboxylic acids is 1. The number of rotatable bonds is 6. The fraction of sp³-hybridized carbons (Fsp3) is 0.467. The summed E-state index contributed by atoms with van der Waals surface area (Å²) in [6.07, 6.45) is 0.516. The SMILES string of the molecule is CC(C)(C)CC(CNc1cccc(Cl)c1C(N)=O)C(=O)O. The Balaban J connectivity index is 2.89. The molecule has 0 fully saturated rings. The third kappa shape index (κ3) is 5.27. The summed E-state index contributed by atoms with van der Waals surface area (Å²) in [5.41, 5.74) is 5.83. The minimum absolute atomic E-state index is 0.106. The normalized spacial score (nSPS) is 12.8. The molecule has 0 aliphatic rings. The van der Waals surface area contributed by atoms with E-state index in [1.807, 2.05) is 20.8 Å². The van der Waals surface area contributed by atoms with Gasteiger partial charge in [-0.2, -0.15) is 0 Å². The molecule has 21 heavy (non-hydrogen) atoms. The number of nitrogens with two attached hydrogens (primary N) is 1. The van der Waals surface area contributed by atoms with Crippen molar-refractivity contribution >= 4 is 29.2 Å². The largest absolute Gasteiger partial charge is 0.481 e. The maximum Gasteiger partial charge on any atom is 0.308 e. The summed E-state index contributed by atoms with van der Waals surface area (Å²) in [6, 6.07) is 4.90. The van der Waals surface area contributed by atoms with Gasteiger partial charge in [0.2, 0.25) is 0 Å². The molecule has 1 amide bonds. The van der Waals surface area contributed by atoms with Crippen molar-refractivity contribution in [3.05, 3.63) is 28.8 Å². The van der Waals surface area contributed by atoms with E-state index in [0.29, 0.717) is 12.1 Å². The highest BCUT2D eigenvalue weighted by Gasteiger charge is 2.25. The number of primary amides is 1. The van der Waals surface area contributed by atoms with E-state index in [1.165, 1.54) is 0 Å². The molecule has 1 aromatic rings. The zero-order valence-electron chi connectivity index (χ0n) is 12.4. The second-order valence-electron chi connectivity index (χ2n) is 6.21. The third-order valence-corrected chi connectivity index (χ3v) is 3.32. The van der Waals surface area contributed by atoms with E-state index in [1.54, 1.807) is 18.2 Å². The molecule has 0 aliphatic heterocycles. The molecule has 1 aromatic carbocycles. The van der Waals surface area contributed by atoms with Crippen molar-refractivity contribution in [3.8, 4) is 0 Å². The van der Waals surface area contributed by atoms with Crippen molar-refractivity contribution in [2.75, 3.05) is 11.9 Å². The second-order valence-corrected chi connectivity index (χ2v) is 6.61. The summed E-state index contributed by atoms with van der Waals surface area (Å²) >= 11 is 5.95. The molecule has 1 rings (SSSR count). The van der Waals surface area contributed by atoms with Crippen LogP contribution in [0.25, 0.3) is 0 Å². The van der Waals surface area contributed by atoms with Gasteiger partial charge in [-0.05, 0) is 24.0 Å². The van der Waals surface area contributed by atoms with E-state index in [2.05, 4.69) is 5.32 Å². The van der Waals surface area contributed by atoms with Crippen LogP contribution in [-0.4, -0.2) is 23.5 Å². The first-order valence-electron chi connectivity index (χ1n) is 6.67. The predicted octanol–water partition coefficient (Wildman–Crippen LogP) is 2.99. The Kier molecular flexibility index (Phi) is 5.61. The minimum Gasteiger partial charge on any atom is -0.481 e. The van der Waals surface area contributed by atoms with Crippen molar-refractivity contribution < 1.29 is 14.7 Å². The molecule has 0 heterocycles. The molecule has 0 aromatic heterocycles. The Morgan fingerprint density at radius 2 is 2.00 bits per heavy atom. The lowest BCUT2D eigenvalue weighted by molar-refractivity contribution is -0.142. The molecule has 4 N–H and O–H groups in total. The van der Waals surface area contributed by atoms with E-state index in [-0.39, 0.29) is 22.5 Å². The lowest BCUT2D eigenvalue weighted by Gasteiger charge is -2.24. The zero-order chi connectivity index (χ0) is 16.2. The number of hydrogen-bond donors (Lipinski definition) is 3. The van der Waals surface area contributed by atoms with E-state index < -0.39 is 17.8 Å². The van der Waals surface area contributed by atoms with Gasteiger partial charge in [0, 0.05) is 12.2 Å². The van der Waals surface area contributed by atoms with Gasteiger partial charge in [0.05, 0.1) is 16.5 Å². The topological polar surface area (TPSA) is 92.4 Å². The number of halogens is 1. The number of hydrogen-bond acceptors (Lipinski definition) is 3. The van der Waals surface area contributed by atoms with Crippen molar-refractivity contribution in [1.82, 2.24) is 0 Å². The first kappa shape index (κ1) is 17.3. The average molecular weight is 313 g/mol. The van der Waals surface area contributed by atoms with Gasteiger partial charge in [-0.3, -0.25) is 9.59 Å². The minimum atomic E-state index is -0.875. The maximum atomic E-state index is 11.4. The summed E-state index contributed by atoms with van der Waals surface area (Å²) in [6.45, 7) is 6.15. The molecular formula is C15H21ClN2O3.